The summed E-state index contributed by atoms with van der Waals surface area (Å²) in [6.07, 6.45) is 4.00. The molecule has 0 saturated heterocycles. The van der Waals surface area contributed by atoms with Crippen LogP contribution in [-0.4, -0.2) is 30.7 Å². The van der Waals surface area contributed by atoms with Gasteiger partial charge in [0.05, 0.1) is 6.10 Å². The molecular formula is C14H19N3O3S. The zero-order chi connectivity index (χ0) is 15.0. The first-order valence-electron chi connectivity index (χ1n) is 7.04. The molecule has 0 amide bonds. The fraction of sp³-hybridized carbons (Fsp3) is 0.429. The second-order valence-electron chi connectivity index (χ2n) is 5.54. The van der Waals surface area contributed by atoms with E-state index in [4.69, 9.17) is 5.73 Å². The number of H-pyrrole nitrogens is 1. The molecule has 0 unspecified atom stereocenters. The monoisotopic (exact) mass is 309 g/mol. The molecule has 21 heavy (non-hydrogen) atoms. The van der Waals surface area contributed by atoms with Gasteiger partial charge in [-0.1, -0.05) is 12.8 Å². The molecule has 0 radical (unpaired) electrons. The van der Waals surface area contributed by atoms with Gasteiger partial charge in [-0.05, 0) is 31.0 Å². The van der Waals surface area contributed by atoms with Gasteiger partial charge in [0.25, 0.3) is 0 Å². The number of nitrogen functional groups attached to an aromatic ring is 1. The number of hydrogen-bond acceptors (Lipinski definition) is 4. The molecule has 1 aromatic heterocycles. The third-order valence-electron chi connectivity index (χ3n) is 3.99. The largest absolute Gasteiger partial charge is 0.399 e. The summed E-state index contributed by atoms with van der Waals surface area (Å²) in [5.74, 6) is 0. The summed E-state index contributed by atoms with van der Waals surface area (Å²) >= 11 is 0. The highest BCUT2D eigenvalue weighted by atomic mass is 32.2. The average Bonchev–Trinajstić information content (AvgIpc) is 2.85. The molecule has 1 aromatic carbocycles. The minimum Gasteiger partial charge on any atom is -0.399 e. The quantitative estimate of drug-likeness (QED) is 0.641. The lowest BCUT2D eigenvalue weighted by atomic mass is 9.93. The predicted molar refractivity (Wildman–Crippen MR) is 81.3 cm³/mol. The number of sulfonamides is 1. The van der Waals surface area contributed by atoms with Crippen LogP contribution in [0.5, 0.6) is 0 Å². The summed E-state index contributed by atoms with van der Waals surface area (Å²) in [4.78, 5) is 3.11. The number of aromatic amines is 1. The normalized spacial score (nSPS) is 23.5. The van der Waals surface area contributed by atoms with E-state index in [9.17, 15) is 13.5 Å². The number of hydrogen-bond donors (Lipinski definition) is 4. The van der Waals surface area contributed by atoms with Crippen molar-refractivity contribution in [2.45, 2.75) is 42.7 Å². The van der Waals surface area contributed by atoms with E-state index in [1.807, 2.05) is 0 Å². The number of aliphatic hydroxyl groups excluding tert-OH is 1. The fourth-order valence-corrected chi connectivity index (χ4v) is 4.33. The van der Waals surface area contributed by atoms with Gasteiger partial charge >= 0.3 is 0 Å². The summed E-state index contributed by atoms with van der Waals surface area (Å²) in [5, 5.41) is 10.5. The second kappa shape index (κ2) is 5.32. The first-order valence-corrected chi connectivity index (χ1v) is 8.53. The Bertz CT molecular complexity index is 754. The summed E-state index contributed by atoms with van der Waals surface area (Å²) in [5.41, 5.74) is 6.94. The topological polar surface area (TPSA) is 108 Å². The summed E-state index contributed by atoms with van der Waals surface area (Å²) < 4.78 is 27.7. The minimum atomic E-state index is -3.67. The lowest BCUT2D eigenvalue weighted by Gasteiger charge is -2.27. The SMILES string of the molecule is Nc1ccc2c(S(=O)(=O)N[C@@H]3CCCC[C@H]3O)c[nH]c2c1. The molecule has 5 N–H and O–H groups in total. The molecule has 1 fully saturated rings. The van der Waals surface area contributed by atoms with Crippen molar-refractivity contribution in [2.24, 2.45) is 0 Å². The number of rotatable bonds is 3. The second-order valence-corrected chi connectivity index (χ2v) is 7.22. The van der Waals surface area contributed by atoms with Gasteiger partial charge in [-0.3, -0.25) is 0 Å². The number of aromatic nitrogens is 1. The van der Waals surface area contributed by atoms with Crippen molar-refractivity contribution in [1.82, 2.24) is 9.71 Å². The molecule has 1 heterocycles. The number of anilines is 1. The smallest absolute Gasteiger partial charge is 0.243 e. The van der Waals surface area contributed by atoms with E-state index in [0.717, 1.165) is 12.8 Å². The van der Waals surface area contributed by atoms with Crippen LogP contribution in [0.25, 0.3) is 10.9 Å². The molecule has 6 nitrogen and oxygen atoms in total. The van der Waals surface area contributed by atoms with E-state index >= 15 is 0 Å². The van der Waals surface area contributed by atoms with Gasteiger partial charge in [0.15, 0.2) is 0 Å². The van der Waals surface area contributed by atoms with Crippen LogP contribution in [0.3, 0.4) is 0 Å². The molecule has 1 aliphatic carbocycles. The molecule has 7 heteroatoms. The van der Waals surface area contributed by atoms with Crippen LogP contribution in [0.4, 0.5) is 5.69 Å². The van der Waals surface area contributed by atoms with Gasteiger partial charge in [-0.15, -0.1) is 0 Å². The molecule has 114 valence electrons. The summed E-state index contributed by atoms with van der Waals surface area (Å²) in [6, 6.07) is 4.64. The first-order chi connectivity index (χ1) is 9.97. The molecule has 0 bridgehead atoms. The van der Waals surface area contributed by atoms with Crippen LogP contribution < -0.4 is 10.5 Å². The third kappa shape index (κ3) is 2.76. The molecule has 1 aliphatic rings. The van der Waals surface area contributed by atoms with Gasteiger partial charge < -0.3 is 15.8 Å². The maximum Gasteiger partial charge on any atom is 0.243 e. The zero-order valence-electron chi connectivity index (χ0n) is 11.5. The Morgan fingerprint density at radius 1 is 1.29 bits per heavy atom. The van der Waals surface area contributed by atoms with Crippen molar-refractivity contribution in [1.29, 1.82) is 0 Å². The van der Waals surface area contributed by atoms with Crippen LogP contribution >= 0.6 is 0 Å². The summed E-state index contributed by atoms with van der Waals surface area (Å²) in [6.45, 7) is 0. The minimum absolute atomic E-state index is 0.190. The first kappa shape index (κ1) is 14.4. The van der Waals surface area contributed by atoms with Gasteiger partial charge in [-0.25, -0.2) is 13.1 Å². The Kier molecular flexibility index (Phi) is 3.64. The number of nitrogens with one attached hydrogen (secondary N) is 2. The van der Waals surface area contributed by atoms with E-state index in [0.29, 0.717) is 29.4 Å². The average molecular weight is 309 g/mol. The Morgan fingerprint density at radius 3 is 2.81 bits per heavy atom. The van der Waals surface area contributed by atoms with Crippen LogP contribution in [0.2, 0.25) is 0 Å². The highest BCUT2D eigenvalue weighted by Crippen LogP contribution is 2.26. The maximum absolute atomic E-state index is 12.5. The number of aliphatic hydroxyl groups is 1. The number of nitrogens with two attached hydrogens (primary N) is 1. The Labute approximate surface area is 123 Å². The van der Waals surface area contributed by atoms with Gasteiger partial charge in [0.2, 0.25) is 10.0 Å². The fourth-order valence-electron chi connectivity index (χ4n) is 2.85. The van der Waals surface area contributed by atoms with Crippen molar-refractivity contribution >= 4 is 26.6 Å². The van der Waals surface area contributed by atoms with Crippen molar-refractivity contribution in [3.63, 3.8) is 0 Å². The van der Waals surface area contributed by atoms with Gasteiger partial charge in [-0.2, -0.15) is 0 Å². The lowest BCUT2D eigenvalue weighted by molar-refractivity contribution is 0.101. The van der Waals surface area contributed by atoms with E-state index in [2.05, 4.69) is 9.71 Å². The molecule has 1 saturated carbocycles. The lowest BCUT2D eigenvalue weighted by Crippen LogP contribution is -2.44. The van der Waals surface area contributed by atoms with Crippen LogP contribution in [0.1, 0.15) is 25.7 Å². The maximum atomic E-state index is 12.5. The van der Waals surface area contributed by atoms with Crippen molar-refractivity contribution in [3.05, 3.63) is 24.4 Å². The molecular weight excluding hydrogens is 290 g/mol. The highest BCUT2D eigenvalue weighted by Gasteiger charge is 2.29. The third-order valence-corrected chi connectivity index (χ3v) is 5.52. The van der Waals surface area contributed by atoms with E-state index in [1.165, 1.54) is 6.20 Å². The Hall–Kier alpha value is -1.57. The Morgan fingerprint density at radius 2 is 2.05 bits per heavy atom. The van der Waals surface area contributed by atoms with E-state index in [1.54, 1.807) is 18.2 Å². The van der Waals surface area contributed by atoms with Gasteiger partial charge in [0, 0.05) is 28.8 Å². The molecule has 2 atom stereocenters. The summed E-state index contributed by atoms with van der Waals surface area (Å²) in [7, 11) is -3.67. The molecule has 0 aliphatic heterocycles. The number of benzene rings is 1. The van der Waals surface area contributed by atoms with Crippen LogP contribution in [0, 0.1) is 0 Å². The molecule has 0 spiro atoms. The molecule has 2 aromatic rings. The standard InChI is InChI=1S/C14H19N3O3S/c15-9-5-6-10-12(7-9)16-8-14(10)21(19,20)17-11-3-1-2-4-13(11)18/h5-8,11,13,16-18H,1-4,15H2/t11-,13-/m1/s1. The Balaban J connectivity index is 1.93. The van der Waals surface area contributed by atoms with Crippen LogP contribution in [0.15, 0.2) is 29.3 Å². The number of fused-ring (bicyclic) bond motifs is 1. The molecule has 3 rings (SSSR count). The predicted octanol–water partition coefficient (Wildman–Crippen LogP) is 1.33. The van der Waals surface area contributed by atoms with Crippen LogP contribution in [-0.2, 0) is 10.0 Å². The van der Waals surface area contributed by atoms with E-state index in [-0.39, 0.29) is 4.90 Å². The van der Waals surface area contributed by atoms with Crippen molar-refractivity contribution in [2.75, 3.05) is 5.73 Å². The van der Waals surface area contributed by atoms with Gasteiger partial charge in [0.1, 0.15) is 4.90 Å². The van der Waals surface area contributed by atoms with Crippen molar-refractivity contribution in [3.8, 4) is 0 Å². The highest BCUT2D eigenvalue weighted by molar-refractivity contribution is 7.89. The zero-order valence-corrected chi connectivity index (χ0v) is 12.4. The van der Waals surface area contributed by atoms with E-state index < -0.39 is 22.2 Å². The van der Waals surface area contributed by atoms with Crippen molar-refractivity contribution < 1.29 is 13.5 Å².